The molecule has 1 fully saturated rings. The number of carbonyl (C=O) groups excluding carboxylic acids is 1. The first-order valence-electron chi connectivity index (χ1n) is 6.94. The summed E-state index contributed by atoms with van der Waals surface area (Å²) < 4.78 is 4.92. The molecular weight excluding hydrogens is 230 g/mol. The Labute approximate surface area is 110 Å². The highest BCUT2D eigenvalue weighted by Gasteiger charge is 2.32. The Morgan fingerprint density at radius 3 is 2.44 bits per heavy atom. The van der Waals surface area contributed by atoms with Gasteiger partial charge in [0.25, 0.3) is 0 Å². The number of hydrogen-bond donors (Lipinski definition) is 1. The molecule has 0 aliphatic heterocycles. The summed E-state index contributed by atoms with van der Waals surface area (Å²) >= 11 is 0. The topological polar surface area (TPSA) is 49.8 Å². The van der Waals surface area contributed by atoms with Gasteiger partial charge in [0.2, 0.25) is 0 Å². The van der Waals surface area contributed by atoms with Gasteiger partial charge in [-0.15, -0.1) is 0 Å². The Kier molecular flexibility index (Phi) is 6.82. The molecule has 4 heteroatoms. The van der Waals surface area contributed by atoms with Crippen LogP contribution in [0.15, 0.2) is 0 Å². The molecule has 0 heterocycles. The van der Waals surface area contributed by atoms with Crippen molar-refractivity contribution in [1.82, 2.24) is 4.90 Å². The zero-order valence-corrected chi connectivity index (χ0v) is 11.7. The van der Waals surface area contributed by atoms with E-state index >= 15 is 0 Å². The van der Waals surface area contributed by atoms with Crippen molar-refractivity contribution in [3.05, 3.63) is 0 Å². The lowest BCUT2D eigenvalue weighted by molar-refractivity contribution is -0.118. The molecule has 1 unspecified atom stereocenters. The second-order valence-electron chi connectivity index (χ2n) is 5.70. The summed E-state index contributed by atoms with van der Waals surface area (Å²) in [4.78, 5) is 13.5. The van der Waals surface area contributed by atoms with Crippen LogP contribution >= 0.6 is 0 Å². The Morgan fingerprint density at radius 1 is 1.33 bits per heavy atom. The van der Waals surface area contributed by atoms with E-state index in [9.17, 15) is 9.90 Å². The first-order valence-corrected chi connectivity index (χ1v) is 6.94. The molecule has 1 aliphatic rings. The maximum atomic E-state index is 11.5. The average molecular weight is 257 g/mol. The third kappa shape index (κ3) is 5.04. The number of aliphatic hydroxyl groups excluding tert-OH is 1. The Balaban J connectivity index is 2.47. The third-order valence-electron chi connectivity index (χ3n) is 3.82. The van der Waals surface area contributed by atoms with Crippen molar-refractivity contribution < 1.29 is 14.6 Å². The molecule has 106 valence electrons. The highest BCUT2D eigenvalue weighted by Crippen LogP contribution is 2.33. The van der Waals surface area contributed by atoms with Gasteiger partial charge >= 0.3 is 0 Å². The van der Waals surface area contributed by atoms with Crippen LogP contribution in [-0.4, -0.2) is 56.3 Å². The molecule has 0 amide bonds. The molecule has 0 aromatic rings. The van der Waals surface area contributed by atoms with Gasteiger partial charge in [0.15, 0.2) is 0 Å². The molecule has 0 radical (unpaired) electrons. The normalized spacial score (nSPS) is 21.6. The SMILES string of the molecule is COCC(O)CN(C)CC1(C=O)CCCCCC1. The molecule has 0 aromatic heterocycles. The number of methoxy groups -OCH3 is 1. The zero-order chi connectivity index (χ0) is 13.4. The van der Waals surface area contributed by atoms with E-state index in [1.807, 2.05) is 7.05 Å². The van der Waals surface area contributed by atoms with Crippen LogP contribution in [0.2, 0.25) is 0 Å². The molecule has 0 bridgehead atoms. The van der Waals surface area contributed by atoms with Crippen molar-refractivity contribution in [3.63, 3.8) is 0 Å². The number of nitrogens with zero attached hydrogens (tertiary/aromatic N) is 1. The first kappa shape index (κ1) is 15.6. The summed E-state index contributed by atoms with van der Waals surface area (Å²) in [5, 5.41) is 9.71. The molecule has 1 rings (SSSR count). The highest BCUT2D eigenvalue weighted by atomic mass is 16.5. The van der Waals surface area contributed by atoms with Crippen molar-refractivity contribution in [2.24, 2.45) is 5.41 Å². The summed E-state index contributed by atoms with van der Waals surface area (Å²) in [7, 11) is 3.55. The number of likely N-dealkylation sites (N-methyl/N-ethyl adjacent to an activating group) is 1. The van der Waals surface area contributed by atoms with Gasteiger partial charge in [-0.3, -0.25) is 0 Å². The van der Waals surface area contributed by atoms with Crippen LogP contribution in [0.4, 0.5) is 0 Å². The van der Waals surface area contributed by atoms with E-state index in [0.717, 1.165) is 38.5 Å². The molecule has 1 atom stereocenters. The molecule has 1 aliphatic carbocycles. The number of ether oxygens (including phenoxy) is 1. The van der Waals surface area contributed by atoms with E-state index in [0.29, 0.717) is 13.2 Å². The predicted octanol–water partition coefficient (Wildman–Crippen LogP) is 1.46. The molecule has 18 heavy (non-hydrogen) atoms. The summed E-state index contributed by atoms with van der Waals surface area (Å²) in [6, 6.07) is 0. The number of hydrogen-bond acceptors (Lipinski definition) is 4. The van der Waals surface area contributed by atoms with Gasteiger partial charge in [-0.05, 0) is 19.9 Å². The van der Waals surface area contributed by atoms with Crippen LogP contribution in [-0.2, 0) is 9.53 Å². The van der Waals surface area contributed by atoms with E-state index in [1.165, 1.54) is 12.8 Å². The minimum atomic E-state index is -0.477. The predicted molar refractivity (Wildman–Crippen MR) is 71.6 cm³/mol. The number of rotatable bonds is 7. The lowest BCUT2D eigenvalue weighted by atomic mass is 9.81. The number of carbonyl (C=O) groups is 1. The fourth-order valence-electron chi connectivity index (χ4n) is 2.95. The largest absolute Gasteiger partial charge is 0.389 e. The lowest BCUT2D eigenvalue weighted by Gasteiger charge is -2.32. The Bertz CT molecular complexity index is 237. The zero-order valence-electron chi connectivity index (χ0n) is 11.7. The van der Waals surface area contributed by atoms with Gasteiger partial charge in [-0.25, -0.2) is 0 Å². The van der Waals surface area contributed by atoms with Crippen molar-refractivity contribution in [3.8, 4) is 0 Å². The Hall–Kier alpha value is -0.450. The van der Waals surface area contributed by atoms with E-state index in [1.54, 1.807) is 7.11 Å². The van der Waals surface area contributed by atoms with Crippen molar-refractivity contribution in [2.45, 2.75) is 44.6 Å². The lowest BCUT2D eigenvalue weighted by Crippen LogP contribution is -2.41. The summed E-state index contributed by atoms with van der Waals surface area (Å²) in [5.74, 6) is 0. The van der Waals surface area contributed by atoms with E-state index in [2.05, 4.69) is 4.90 Å². The fourth-order valence-corrected chi connectivity index (χ4v) is 2.95. The van der Waals surface area contributed by atoms with Crippen molar-refractivity contribution in [2.75, 3.05) is 33.9 Å². The van der Waals surface area contributed by atoms with E-state index < -0.39 is 6.10 Å². The van der Waals surface area contributed by atoms with Crippen molar-refractivity contribution in [1.29, 1.82) is 0 Å². The molecule has 1 N–H and O–H groups in total. The van der Waals surface area contributed by atoms with Crippen LogP contribution in [0.25, 0.3) is 0 Å². The van der Waals surface area contributed by atoms with Gasteiger partial charge in [0.05, 0.1) is 12.7 Å². The quantitative estimate of drug-likeness (QED) is 0.554. The van der Waals surface area contributed by atoms with Crippen LogP contribution in [0, 0.1) is 5.41 Å². The minimum absolute atomic E-state index is 0.196. The molecular formula is C14H27NO3. The van der Waals surface area contributed by atoms with Gasteiger partial charge < -0.3 is 19.5 Å². The summed E-state index contributed by atoms with van der Waals surface area (Å²) in [6.45, 7) is 1.65. The Morgan fingerprint density at radius 2 is 1.94 bits per heavy atom. The highest BCUT2D eigenvalue weighted by molar-refractivity contribution is 5.59. The van der Waals surface area contributed by atoms with Gasteiger partial charge in [0.1, 0.15) is 6.29 Å². The van der Waals surface area contributed by atoms with Crippen LogP contribution in [0.5, 0.6) is 0 Å². The van der Waals surface area contributed by atoms with Crippen LogP contribution < -0.4 is 0 Å². The second-order valence-corrected chi connectivity index (χ2v) is 5.70. The van der Waals surface area contributed by atoms with E-state index in [4.69, 9.17) is 4.74 Å². The molecule has 1 saturated carbocycles. The van der Waals surface area contributed by atoms with Crippen LogP contribution in [0.1, 0.15) is 38.5 Å². The summed E-state index contributed by atoms with van der Waals surface area (Å²) in [5.41, 5.74) is -0.196. The van der Waals surface area contributed by atoms with Crippen LogP contribution in [0.3, 0.4) is 0 Å². The van der Waals surface area contributed by atoms with Gasteiger partial charge in [0, 0.05) is 25.6 Å². The molecule has 0 saturated heterocycles. The summed E-state index contributed by atoms with van der Waals surface area (Å²) in [6.07, 6.45) is 7.42. The molecule has 4 nitrogen and oxygen atoms in total. The first-order chi connectivity index (χ1) is 8.62. The van der Waals surface area contributed by atoms with Gasteiger partial charge in [-0.2, -0.15) is 0 Å². The van der Waals surface area contributed by atoms with Gasteiger partial charge in [-0.1, -0.05) is 25.7 Å². The monoisotopic (exact) mass is 257 g/mol. The number of aldehydes is 1. The molecule has 0 spiro atoms. The second kappa shape index (κ2) is 7.87. The fraction of sp³-hybridized carbons (Fsp3) is 0.929. The smallest absolute Gasteiger partial charge is 0.127 e. The minimum Gasteiger partial charge on any atom is -0.389 e. The molecule has 0 aromatic carbocycles. The number of aliphatic hydroxyl groups is 1. The maximum absolute atomic E-state index is 11.5. The standard InChI is InChI=1S/C14H27NO3/c1-15(9-13(17)10-18-2)11-14(12-16)7-5-3-4-6-8-14/h12-13,17H,3-11H2,1-2H3. The van der Waals surface area contributed by atoms with E-state index in [-0.39, 0.29) is 5.41 Å². The maximum Gasteiger partial charge on any atom is 0.127 e. The van der Waals surface area contributed by atoms with Crippen molar-refractivity contribution >= 4 is 6.29 Å². The average Bonchev–Trinajstić information content (AvgIpc) is 2.55. The third-order valence-corrected chi connectivity index (χ3v) is 3.82.